The van der Waals surface area contributed by atoms with Crippen molar-refractivity contribution >= 4 is 31.8 Å². The van der Waals surface area contributed by atoms with E-state index in [-0.39, 0.29) is 54.9 Å². The fourth-order valence-electron chi connectivity index (χ4n) is 5.04. The van der Waals surface area contributed by atoms with Crippen molar-refractivity contribution in [1.29, 1.82) is 0 Å². The van der Waals surface area contributed by atoms with Gasteiger partial charge >= 0.3 is 24.2 Å². The van der Waals surface area contributed by atoms with Crippen LogP contribution in [0.25, 0.3) is 0 Å². The lowest BCUT2D eigenvalue weighted by atomic mass is 9.89. The molecule has 1 amide bonds. The molecule has 2 aromatic rings. The average Bonchev–Trinajstić information content (AvgIpc) is 3.29. The first-order valence-electron chi connectivity index (χ1n) is 13.8. The average molecular weight is 741 g/mol. The maximum absolute atomic E-state index is 13.6. The van der Waals surface area contributed by atoms with Crippen LogP contribution in [0.15, 0.2) is 52.4 Å². The van der Waals surface area contributed by atoms with Gasteiger partial charge in [-0.3, -0.25) is 9.79 Å². The van der Waals surface area contributed by atoms with Crippen molar-refractivity contribution in [1.82, 2.24) is 14.3 Å². The zero-order chi connectivity index (χ0) is 36.1. The molecule has 0 aromatic heterocycles. The summed E-state index contributed by atoms with van der Waals surface area (Å²) in [7, 11) is -8.98. The minimum atomic E-state index is -6.64. The van der Waals surface area contributed by atoms with Crippen LogP contribution in [-0.4, -0.2) is 81.8 Å². The quantitative estimate of drug-likeness (QED) is 0.350. The first-order chi connectivity index (χ1) is 21.8. The number of amides is 1. The standard InChI is InChI=1S/C27H26F10N4O5S2/c1-16-13-20(48(45,46)38-15-24(28,29)26(33,34)27(35,36)37)6-5-17(16)7-12-47(43,44)41-10-8-23(9-11-41)22(42)39-21(40-23)18-3-2-4-19(14-18)25(30,31)32/h2-6,13-14,38H,7-12,15H2,1H3,(H,39,40,42). The molecule has 266 valence electrons. The normalized spacial score (nSPS) is 18.2. The molecular weight excluding hydrogens is 714 g/mol. The molecule has 2 heterocycles. The molecule has 0 radical (unpaired) electrons. The molecule has 2 N–H and O–H groups in total. The summed E-state index contributed by atoms with van der Waals surface area (Å²) in [6.07, 6.45) is -11.6. The maximum atomic E-state index is 13.6. The van der Waals surface area contributed by atoms with Crippen LogP contribution < -0.4 is 10.0 Å². The van der Waals surface area contributed by atoms with Gasteiger partial charge in [-0.1, -0.05) is 18.2 Å². The molecule has 0 unspecified atom stereocenters. The van der Waals surface area contributed by atoms with Crippen LogP contribution in [0.5, 0.6) is 0 Å². The molecule has 2 aliphatic rings. The topological polar surface area (TPSA) is 125 Å². The van der Waals surface area contributed by atoms with E-state index < -0.39 is 78.4 Å². The molecule has 1 saturated heterocycles. The van der Waals surface area contributed by atoms with Crippen molar-refractivity contribution < 1.29 is 65.5 Å². The Morgan fingerprint density at radius 1 is 0.917 bits per heavy atom. The molecule has 21 heteroatoms. The largest absolute Gasteiger partial charge is 0.459 e. The smallest absolute Gasteiger partial charge is 0.308 e. The van der Waals surface area contributed by atoms with Gasteiger partial charge in [-0.2, -0.15) is 43.9 Å². The third kappa shape index (κ3) is 7.47. The Morgan fingerprint density at radius 2 is 1.54 bits per heavy atom. The van der Waals surface area contributed by atoms with E-state index in [0.717, 1.165) is 45.4 Å². The number of nitrogens with one attached hydrogen (secondary N) is 2. The highest BCUT2D eigenvalue weighted by molar-refractivity contribution is 7.89. The Morgan fingerprint density at radius 3 is 2.10 bits per heavy atom. The van der Waals surface area contributed by atoms with E-state index in [0.29, 0.717) is 0 Å². The lowest BCUT2D eigenvalue weighted by Gasteiger charge is -2.34. The van der Waals surface area contributed by atoms with Gasteiger partial charge in [0, 0.05) is 18.7 Å². The molecule has 0 saturated carbocycles. The summed E-state index contributed by atoms with van der Waals surface area (Å²) in [5.41, 5.74) is -1.90. The zero-order valence-corrected chi connectivity index (χ0v) is 26.2. The summed E-state index contributed by atoms with van der Waals surface area (Å²) in [5.74, 6) is -13.5. The zero-order valence-electron chi connectivity index (χ0n) is 24.5. The van der Waals surface area contributed by atoms with Crippen molar-refractivity contribution in [2.45, 2.75) is 60.8 Å². The van der Waals surface area contributed by atoms with Crippen LogP contribution in [0.4, 0.5) is 43.9 Å². The Kier molecular flexibility index (Phi) is 9.80. The second-order valence-corrected chi connectivity index (χ2v) is 15.0. The third-order valence-electron chi connectivity index (χ3n) is 7.94. The SMILES string of the molecule is Cc1cc(S(=O)(=O)NCC(F)(F)C(F)(F)C(F)(F)F)ccc1CCS(=O)(=O)N1CCC2(CC1)N=C(c1cccc(C(F)(F)F)c1)NC2=O. The van der Waals surface area contributed by atoms with Crippen LogP contribution in [0.3, 0.4) is 0 Å². The fourth-order valence-corrected chi connectivity index (χ4v) is 7.63. The third-order valence-corrected chi connectivity index (χ3v) is 11.2. The number of halogens is 10. The van der Waals surface area contributed by atoms with Crippen LogP contribution >= 0.6 is 0 Å². The van der Waals surface area contributed by atoms with Crippen LogP contribution in [0, 0.1) is 6.92 Å². The fraction of sp³-hybridized carbons (Fsp3) is 0.481. The summed E-state index contributed by atoms with van der Waals surface area (Å²) in [5, 5.41) is 2.47. The predicted molar refractivity (Wildman–Crippen MR) is 149 cm³/mol. The minimum Gasteiger partial charge on any atom is -0.308 e. The number of sulfonamides is 2. The highest BCUT2D eigenvalue weighted by Gasteiger charge is 2.72. The van der Waals surface area contributed by atoms with E-state index in [9.17, 15) is 65.5 Å². The van der Waals surface area contributed by atoms with Gasteiger partial charge < -0.3 is 5.32 Å². The molecule has 1 spiro atoms. The number of alkyl halides is 10. The van der Waals surface area contributed by atoms with Gasteiger partial charge in [0.05, 0.1) is 22.8 Å². The van der Waals surface area contributed by atoms with Crippen molar-refractivity contribution in [3.63, 3.8) is 0 Å². The molecule has 2 aliphatic heterocycles. The molecule has 4 rings (SSSR count). The highest BCUT2D eigenvalue weighted by Crippen LogP contribution is 2.46. The minimum absolute atomic E-state index is 0.0241. The number of hydrogen-bond donors (Lipinski definition) is 2. The molecule has 0 atom stereocenters. The van der Waals surface area contributed by atoms with Crippen molar-refractivity contribution in [3.8, 4) is 0 Å². The monoisotopic (exact) mass is 740 g/mol. The summed E-state index contributed by atoms with van der Waals surface area (Å²) >= 11 is 0. The maximum Gasteiger partial charge on any atom is 0.459 e. The molecule has 1 fully saturated rings. The van der Waals surface area contributed by atoms with Gasteiger partial charge in [0.2, 0.25) is 20.0 Å². The van der Waals surface area contributed by atoms with E-state index in [4.69, 9.17) is 0 Å². The Bertz CT molecular complexity index is 1820. The van der Waals surface area contributed by atoms with E-state index in [1.807, 2.05) is 0 Å². The van der Waals surface area contributed by atoms with Gasteiger partial charge in [0.1, 0.15) is 11.4 Å². The van der Waals surface area contributed by atoms with E-state index in [2.05, 4.69) is 10.3 Å². The molecule has 48 heavy (non-hydrogen) atoms. The first-order valence-corrected chi connectivity index (χ1v) is 16.9. The molecule has 0 bridgehead atoms. The number of aryl methyl sites for hydroxylation is 2. The Balaban J connectivity index is 1.38. The molecular formula is C27H26F10N4O5S2. The van der Waals surface area contributed by atoms with Gasteiger partial charge in [-0.25, -0.2) is 25.9 Å². The van der Waals surface area contributed by atoms with E-state index >= 15 is 0 Å². The lowest BCUT2D eigenvalue weighted by Crippen LogP contribution is -2.56. The Labute approximate surface area is 267 Å². The second-order valence-electron chi connectivity index (χ2n) is 11.2. The number of carbonyl (C=O) groups excluding carboxylic acids is 1. The van der Waals surface area contributed by atoms with Gasteiger partial charge in [-0.05, 0) is 61.6 Å². The second kappa shape index (κ2) is 12.5. The summed E-state index contributed by atoms with van der Waals surface area (Å²) < 4.78 is 183. The van der Waals surface area contributed by atoms with Crippen LogP contribution in [0.2, 0.25) is 0 Å². The number of piperidine rings is 1. The number of hydrogen-bond acceptors (Lipinski definition) is 6. The van der Waals surface area contributed by atoms with E-state index in [1.165, 1.54) is 13.0 Å². The van der Waals surface area contributed by atoms with Crippen molar-refractivity contribution in [3.05, 3.63) is 64.7 Å². The van der Waals surface area contributed by atoms with Crippen molar-refractivity contribution in [2.75, 3.05) is 25.4 Å². The summed E-state index contributed by atoms with van der Waals surface area (Å²) in [6.45, 7) is -1.54. The number of aliphatic imine (C=N–C) groups is 1. The molecule has 9 nitrogen and oxygen atoms in total. The van der Waals surface area contributed by atoms with E-state index in [1.54, 1.807) is 0 Å². The summed E-state index contributed by atoms with van der Waals surface area (Å²) in [4.78, 5) is 16.4. The molecule has 0 aliphatic carbocycles. The first kappa shape index (κ1) is 37.5. The number of nitrogens with zero attached hydrogens (tertiary/aromatic N) is 2. The van der Waals surface area contributed by atoms with Gasteiger partial charge in [0.15, 0.2) is 0 Å². The highest BCUT2D eigenvalue weighted by atomic mass is 32.2. The van der Waals surface area contributed by atoms with Gasteiger partial charge in [-0.15, -0.1) is 0 Å². The lowest BCUT2D eigenvalue weighted by molar-refractivity contribution is -0.352. The number of carbonyl (C=O) groups is 1. The summed E-state index contributed by atoms with van der Waals surface area (Å²) in [6, 6.07) is 7.04. The van der Waals surface area contributed by atoms with Gasteiger partial charge in [0.25, 0.3) is 5.91 Å². The number of benzene rings is 2. The van der Waals surface area contributed by atoms with Crippen molar-refractivity contribution in [2.24, 2.45) is 4.99 Å². The molecule has 2 aromatic carbocycles. The Hall–Kier alpha value is -3.30. The predicted octanol–water partition coefficient (Wildman–Crippen LogP) is 4.41. The van der Waals surface area contributed by atoms with Crippen LogP contribution in [0.1, 0.15) is 35.1 Å². The number of rotatable bonds is 10. The number of amidine groups is 1. The van der Waals surface area contributed by atoms with Crippen LogP contribution in [-0.2, 0) is 37.4 Å².